The zero-order chi connectivity index (χ0) is 16.2. The van der Waals surface area contributed by atoms with E-state index in [0.717, 1.165) is 38.0 Å². The first-order chi connectivity index (χ1) is 11.1. The van der Waals surface area contributed by atoms with E-state index in [4.69, 9.17) is 5.73 Å². The van der Waals surface area contributed by atoms with E-state index in [2.05, 4.69) is 16.9 Å². The SMILES string of the molecule is CN(Cc1cnc(N)s1)C1CCN(C(=O)c2ccccc2)CC1. The fourth-order valence-corrected chi connectivity index (χ4v) is 3.79. The lowest BCUT2D eigenvalue weighted by Crippen LogP contribution is -2.45. The number of thiazole rings is 1. The van der Waals surface area contributed by atoms with Gasteiger partial charge in [-0.1, -0.05) is 18.2 Å². The number of nitrogens with two attached hydrogens (primary N) is 1. The number of nitrogens with zero attached hydrogens (tertiary/aromatic N) is 3. The first-order valence-corrected chi connectivity index (χ1v) is 8.70. The molecule has 0 aliphatic carbocycles. The third-order valence-electron chi connectivity index (χ3n) is 4.37. The summed E-state index contributed by atoms with van der Waals surface area (Å²) in [6.07, 6.45) is 3.86. The first-order valence-electron chi connectivity index (χ1n) is 7.88. The van der Waals surface area contributed by atoms with Crippen LogP contribution in [0.25, 0.3) is 0 Å². The number of benzene rings is 1. The Balaban J connectivity index is 1.53. The summed E-state index contributed by atoms with van der Waals surface area (Å²) in [6.45, 7) is 2.49. The molecule has 0 saturated carbocycles. The summed E-state index contributed by atoms with van der Waals surface area (Å²) in [6, 6.07) is 10.0. The summed E-state index contributed by atoms with van der Waals surface area (Å²) in [5.41, 5.74) is 6.46. The van der Waals surface area contributed by atoms with Crippen molar-refractivity contribution in [2.24, 2.45) is 0 Å². The lowest BCUT2D eigenvalue weighted by Gasteiger charge is -2.36. The molecule has 0 atom stereocenters. The topological polar surface area (TPSA) is 62.5 Å². The van der Waals surface area contributed by atoms with Crippen LogP contribution in [0.3, 0.4) is 0 Å². The van der Waals surface area contributed by atoms with E-state index >= 15 is 0 Å². The molecule has 0 bridgehead atoms. The number of anilines is 1. The van der Waals surface area contributed by atoms with Crippen molar-refractivity contribution in [3.8, 4) is 0 Å². The Morgan fingerprint density at radius 3 is 2.65 bits per heavy atom. The van der Waals surface area contributed by atoms with Crippen LogP contribution in [0.15, 0.2) is 36.5 Å². The molecule has 1 fully saturated rings. The van der Waals surface area contributed by atoms with Crippen molar-refractivity contribution in [2.75, 3.05) is 25.9 Å². The molecule has 1 saturated heterocycles. The van der Waals surface area contributed by atoms with Crippen molar-refractivity contribution >= 4 is 22.4 Å². The van der Waals surface area contributed by atoms with Crippen LogP contribution in [0.5, 0.6) is 0 Å². The van der Waals surface area contributed by atoms with Crippen LogP contribution in [0, 0.1) is 0 Å². The van der Waals surface area contributed by atoms with Crippen molar-refractivity contribution in [1.82, 2.24) is 14.8 Å². The Bertz CT molecular complexity index is 650. The number of amides is 1. The quantitative estimate of drug-likeness (QED) is 0.935. The van der Waals surface area contributed by atoms with Gasteiger partial charge in [-0.25, -0.2) is 4.98 Å². The molecule has 1 aromatic heterocycles. The second-order valence-corrected chi connectivity index (χ2v) is 7.12. The van der Waals surface area contributed by atoms with Crippen LogP contribution in [-0.2, 0) is 6.54 Å². The highest BCUT2D eigenvalue weighted by molar-refractivity contribution is 7.15. The predicted octanol–water partition coefficient (Wildman–Crippen LogP) is 2.46. The molecule has 0 unspecified atom stereocenters. The van der Waals surface area contributed by atoms with Crippen molar-refractivity contribution in [3.05, 3.63) is 47.0 Å². The summed E-state index contributed by atoms with van der Waals surface area (Å²) in [4.78, 5) is 22.1. The molecule has 122 valence electrons. The van der Waals surface area contributed by atoms with Crippen LogP contribution < -0.4 is 5.73 Å². The second-order valence-electron chi connectivity index (χ2n) is 5.97. The van der Waals surface area contributed by atoms with Crippen LogP contribution >= 0.6 is 11.3 Å². The highest BCUT2D eigenvalue weighted by Gasteiger charge is 2.26. The van der Waals surface area contributed by atoms with Gasteiger partial charge in [-0.15, -0.1) is 11.3 Å². The van der Waals surface area contributed by atoms with E-state index in [1.807, 2.05) is 41.4 Å². The minimum Gasteiger partial charge on any atom is -0.375 e. The molecule has 5 nitrogen and oxygen atoms in total. The molecule has 2 aromatic rings. The van der Waals surface area contributed by atoms with Crippen LogP contribution in [0.2, 0.25) is 0 Å². The zero-order valence-corrected chi connectivity index (χ0v) is 14.1. The largest absolute Gasteiger partial charge is 0.375 e. The molecule has 1 aliphatic rings. The molecule has 0 spiro atoms. The molecular weight excluding hydrogens is 308 g/mol. The number of likely N-dealkylation sites (tertiary alicyclic amines) is 1. The van der Waals surface area contributed by atoms with Crippen LogP contribution in [0.4, 0.5) is 5.13 Å². The molecule has 1 amide bonds. The number of carbonyl (C=O) groups excluding carboxylic acids is 1. The Morgan fingerprint density at radius 1 is 1.35 bits per heavy atom. The number of hydrogen-bond donors (Lipinski definition) is 1. The van der Waals surface area contributed by atoms with E-state index in [-0.39, 0.29) is 5.91 Å². The van der Waals surface area contributed by atoms with Gasteiger partial charge in [0.05, 0.1) is 0 Å². The van der Waals surface area contributed by atoms with Crippen molar-refractivity contribution in [1.29, 1.82) is 0 Å². The molecule has 1 aliphatic heterocycles. The molecule has 1 aromatic carbocycles. The zero-order valence-electron chi connectivity index (χ0n) is 13.3. The van der Waals surface area contributed by atoms with E-state index in [0.29, 0.717) is 11.2 Å². The van der Waals surface area contributed by atoms with Gasteiger partial charge in [-0.2, -0.15) is 0 Å². The van der Waals surface area contributed by atoms with Gasteiger partial charge in [0.1, 0.15) is 0 Å². The fraction of sp³-hybridized carbons (Fsp3) is 0.412. The predicted molar refractivity (Wildman–Crippen MR) is 93.4 cm³/mol. The standard InChI is InChI=1S/C17H22N4OS/c1-20(12-15-11-19-17(18)23-15)14-7-9-21(10-8-14)16(22)13-5-3-2-4-6-13/h2-6,11,14H,7-10,12H2,1H3,(H2,18,19). The van der Waals surface area contributed by atoms with Crippen molar-refractivity contribution in [2.45, 2.75) is 25.4 Å². The molecule has 2 heterocycles. The molecular formula is C17H22N4OS. The molecule has 0 radical (unpaired) electrons. The Kier molecular flexibility index (Phi) is 4.93. The van der Waals surface area contributed by atoms with E-state index in [1.165, 1.54) is 4.88 Å². The van der Waals surface area contributed by atoms with Gasteiger partial charge in [0.15, 0.2) is 5.13 Å². The second kappa shape index (κ2) is 7.10. The van der Waals surface area contributed by atoms with Gasteiger partial charge >= 0.3 is 0 Å². The van der Waals surface area contributed by atoms with Gasteiger partial charge < -0.3 is 10.6 Å². The van der Waals surface area contributed by atoms with Crippen LogP contribution in [-0.4, -0.2) is 46.9 Å². The van der Waals surface area contributed by atoms with Gasteiger partial charge in [0, 0.05) is 42.3 Å². The average molecular weight is 330 g/mol. The molecule has 3 rings (SSSR count). The number of nitrogen functional groups attached to an aromatic ring is 1. The van der Waals surface area contributed by atoms with Crippen LogP contribution in [0.1, 0.15) is 28.1 Å². The van der Waals surface area contributed by atoms with Gasteiger partial charge in [0.25, 0.3) is 5.91 Å². The number of carbonyl (C=O) groups is 1. The maximum Gasteiger partial charge on any atom is 0.253 e. The summed E-state index contributed by atoms with van der Waals surface area (Å²) < 4.78 is 0. The number of hydrogen-bond acceptors (Lipinski definition) is 5. The normalized spacial score (nSPS) is 16.0. The Morgan fingerprint density at radius 2 is 2.04 bits per heavy atom. The number of rotatable bonds is 4. The summed E-state index contributed by atoms with van der Waals surface area (Å²) >= 11 is 1.54. The monoisotopic (exact) mass is 330 g/mol. The summed E-state index contributed by atoms with van der Waals surface area (Å²) in [5.74, 6) is 0.141. The maximum atomic E-state index is 12.5. The van der Waals surface area contributed by atoms with Gasteiger partial charge in [-0.05, 0) is 32.0 Å². The van der Waals surface area contributed by atoms with Gasteiger partial charge in [-0.3, -0.25) is 9.69 Å². The Hall–Kier alpha value is -1.92. The van der Waals surface area contributed by atoms with Crippen molar-refractivity contribution < 1.29 is 4.79 Å². The van der Waals surface area contributed by atoms with Crippen molar-refractivity contribution in [3.63, 3.8) is 0 Å². The summed E-state index contributed by atoms with van der Waals surface area (Å²) in [7, 11) is 2.13. The smallest absolute Gasteiger partial charge is 0.253 e. The lowest BCUT2D eigenvalue weighted by atomic mass is 10.0. The first kappa shape index (κ1) is 16.0. The summed E-state index contributed by atoms with van der Waals surface area (Å²) in [5, 5.41) is 0.622. The Labute approximate surface area is 140 Å². The fourth-order valence-electron chi connectivity index (χ4n) is 3.04. The van der Waals surface area contributed by atoms with E-state index < -0.39 is 0 Å². The minimum atomic E-state index is 0.141. The van der Waals surface area contributed by atoms with E-state index in [1.54, 1.807) is 11.3 Å². The number of aromatic nitrogens is 1. The third-order valence-corrected chi connectivity index (χ3v) is 5.18. The highest BCUT2D eigenvalue weighted by Crippen LogP contribution is 2.22. The highest BCUT2D eigenvalue weighted by atomic mass is 32.1. The average Bonchev–Trinajstić information content (AvgIpc) is 3.00. The minimum absolute atomic E-state index is 0.141. The lowest BCUT2D eigenvalue weighted by molar-refractivity contribution is 0.0640. The van der Waals surface area contributed by atoms with E-state index in [9.17, 15) is 4.79 Å². The van der Waals surface area contributed by atoms with Gasteiger partial charge in [0.2, 0.25) is 0 Å². The molecule has 23 heavy (non-hydrogen) atoms. The molecule has 6 heteroatoms. The number of piperidine rings is 1. The third kappa shape index (κ3) is 3.89. The maximum absolute atomic E-state index is 12.5. The molecule has 2 N–H and O–H groups in total.